The summed E-state index contributed by atoms with van der Waals surface area (Å²) in [4.78, 5) is 16.3. The minimum absolute atomic E-state index is 0.126. The van der Waals surface area contributed by atoms with E-state index in [1.54, 1.807) is 39.8 Å². The van der Waals surface area contributed by atoms with Crippen molar-refractivity contribution in [3.63, 3.8) is 0 Å². The Bertz CT molecular complexity index is 853. The van der Waals surface area contributed by atoms with Gasteiger partial charge in [-0.2, -0.15) is 5.10 Å². The Morgan fingerprint density at radius 1 is 1.25 bits per heavy atom. The monoisotopic (exact) mass is 308 g/mol. The number of rotatable bonds is 2. The zero-order valence-corrected chi connectivity index (χ0v) is 12.1. The largest absolute Gasteiger partial charge is 0.308 e. The third-order valence-corrected chi connectivity index (χ3v) is 3.52. The second kappa shape index (κ2) is 4.92. The lowest BCUT2D eigenvalue weighted by atomic mass is 10.3. The number of pyridine rings is 1. The Hall–Kier alpha value is -1.85. The lowest BCUT2D eigenvalue weighted by molar-refractivity contribution is 0.739. The molecule has 0 saturated heterocycles. The molecular weight excluding hydrogens is 299 g/mol. The molecule has 0 bridgehead atoms. The van der Waals surface area contributed by atoms with Crippen LogP contribution in [0.1, 0.15) is 11.3 Å². The third-order valence-electron chi connectivity index (χ3n) is 2.96. The normalized spacial score (nSPS) is 11.2. The smallest absolute Gasteiger partial charge is 0.276 e. The molecule has 0 aliphatic heterocycles. The summed E-state index contributed by atoms with van der Waals surface area (Å²) in [6.07, 6.45) is 4.98. The maximum absolute atomic E-state index is 12.3. The molecule has 0 spiro atoms. The van der Waals surface area contributed by atoms with Crippen LogP contribution in [-0.4, -0.2) is 19.2 Å². The van der Waals surface area contributed by atoms with Gasteiger partial charge < -0.3 is 4.57 Å². The Labute approximate surface area is 124 Å². The molecule has 0 aromatic carbocycles. The second-order valence-electron chi connectivity index (χ2n) is 4.45. The molecule has 3 aromatic rings. The number of hydrogen-bond acceptors (Lipinski definition) is 3. The average molecular weight is 309 g/mol. The fourth-order valence-electron chi connectivity index (χ4n) is 2.01. The van der Waals surface area contributed by atoms with E-state index in [4.69, 9.17) is 23.2 Å². The SMILES string of the molecule is Cc1cc2c(=O)n(Cc3cnc(Cl)cc3Cl)ccn2n1. The van der Waals surface area contributed by atoms with Gasteiger partial charge in [-0.15, -0.1) is 0 Å². The van der Waals surface area contributed by atoms with Crippen LogP contribution in [0, 0.1) is 6.92 Å². The molecule has 20 heavy (non-hydrogen) atoms. The van der Waals surface area contributed by atoms with Crippen LogP contribution in [-0.2, 0) is 6.54 Å². The topological polar surface area (TPSA) is 52.2 Å². The first kappa shape index (κ1) is 13.1. The van der Waals surface area contributed by atoms with Crippen molar-refractivity contribution >= 4 is 28.7 Å². The van der Waals surface area contributed by atoms with Gasteiger partial charge in [0.15, 0.2) is 0 Å². The Morgan fingerprint density at radius 2 is 2.05 bits per heavy atom. The highest BCUT2D eigenvalue weighted by atomic mass is 35.5. The highest BCUT2D eigenvalue weighted by Gasteiger charge is 2.08. The summed E-state index contributed by atoms with van der Waals surface area (Å²) in [6.45, 7) is 2.18. The van der Waals surface area contributed by atoms with Crippen LogP contribution in [0.3, 0.4) is 0 Å². The quantitative estimate of drug-likeness (QED) is 0.684. The molecule has 0 radical (unpaired) electrons. The Kier molecular flexibility index (Phi) is 3.23. The van der Waals surface area contributed by atoms with E-state index in [-0.39, 0.29) is 5.56 Å². The van der Waals surface area contributed by atoms with Crippen molar-refractivity contribution in [1.29, 1.82) is 0 Å². The summed E-state index contributed by atoms with van der Waals surface area (Å²) >= 11 is 11.9. The molecule has 102 valence electrons. The van der Waals surface area contributed by atoms with E-state index in [0.717, 1.165) is 11.3 Å². The van der Waals surface area contributed by atoms with Crippen LogP contribution in [0.25, 0.3) is 5.52 Å². The van der Waals surface area contributed by atoms with Crippen molar-refractivity contribution in [1.82, 2.24) is 19.2 Å². The zero-order chi connectivity index (χ0) is 14.3. The minimum Gasteiger partial charge on any atom is -0.308 e. The van der Waals surface area contributed by atoms with E-state index in [0.29, 0.717) is 22.2 Å². The molecule has 0 saturated carbocycles. The number of hydrogen-bond donors (Lipinski definition) is 0. The van der Waals surface area contributed by atoms with E-state index in [2.05, 4.69) is 10.1 Å². The number of aryl methyl sites for hydroxylation is 1. The average Bonchev–Trinajstić information content (AvgIpc) is 2.77. The van der Waals surface area contributed by atoms with Crippen molar-refractivity contribution in [2.75, 3.05) is 0 Å². The first-order chi connectivity index (χ1) is 9.54. The molecule has 0 amide bonds. The van der Waals surface area contributed by atoms with Crippen LogP contribution in [0.4, 0.5) is 0 Å². The molecule has 0 aliphatic rings. The van der Waals surface area contributed by atoms with Gasteiger partial charge in [-0.05, 0) is 19.1 Å². The predicted molar refractivity (Wildman–Crippen MR) is 77.5 cm³/mol. The molecule has 0 N–H and O–H groups in total. The van der Waals surface area contributed by atoms with Gasteiger partial charge in [-0.1, -0.05) is 23.2 Å². The van der Waals surface area contributed by atoms with Crippen LogP contribution in [0.2, 0.25) is 10.2 Å². The fourth-order valence-corrected chi connectivity index (χ4v) is 2.43. The molecule has 5 nitrogen and oxygen atoms in total. The maximum Gasteiger partial charge on any atom is 0.276 e. The molecule has 3 aromatic heterocycles. The molecule has 0 atom stereocenters. The van der Waals surface area contributed by atoms with Gasteiger partial charge in [0.25, 0.3) is 5.56 Å². The fraction of sp³-hybridized carbons (Fsp3) is 0.154. The Morgan fingerprint density at radius 3 is 2.80 bits per heavy atom. The number of halogens is 2. The third kappa shape index (κ3) is 2.30. The minimum atomic E-state index is -0.126. The van der Waals surface area contributed by atoms with E-state index in [9.17, 15) is 4.79 Å². The molecule has 7 heteroatoms. The number of fused-ring (bicyclic) bond motifs is 1. The van der Waals surface area contributed by atoms with E-state index >= 15 is 0 Å². The van der Waals surface area contributed by atoms with Crippen LogP contribution in [0.15, 0.2) is 35.5 Å². The van der Waals surface area contributed by atoms with Crippen molar-refractivity contribution in [3.8, 4) is 0 Å². The molecule has 3 heterocycles. The van der Waals surface area contributed by atoms with Gasteiger partial charge in [-0.3, -0.25) is 4.79 Å². The van der Waals surface area contributed by atoms with Crippen molar-refractivity contribution < 1.29 is 0 Å². The molecule has 0 aliphatic carbocycles. The van der Waals surface area contributed by atoms with Gasteiger partial charge >= 0.3 is 0 Å². The highest BCUT2D eigenvalue weighted by Crippen LogP contribution is 2.19. The summed E-state index contributed by atoms with van der Waals surface area (Å²) in [5, 5.41) is 5.01. The maximum atomic E-state index is 12.3. The second-order valence-corrected chi connectivity index (χ2v) is 5.24. The summed E-state index contributed by atoms with van der Waals surface area (Å²) in [6, 6.07) is 3.31. The van der Waals surface area contributed by atoms with Crippen LogP contribution >= 0.6 is 23.2 Å². The molecule has 0 fully saturated rings. The standard InChI is InChI=1S/C13H10Cl2N4O/c1-8-4-11-13(20)18(2-3-19(11)17-8)7-9-6-16-12(15)5-10(9)14/h2-6H,7H2,1H3. The number of nitrogens with zero attached hydrogens (tertiary/aromatic N) is 4. The highest BCUT2D eigenvalue weighted by molar-refractivity contribution is 6.34. The summed E-state index contributed by atoms with van der Waals surface area (Å²) in [7, 11) is 0. The lowest BCUT2D eigenvalue weighted by Crippen LogP contribution is -2.22. The van der Waals surface area contributed by atoms with Crippen LogP contribution in [0.5, 0.6) is 0 Å². The number of aromatic nitrogens is 4. The summed E-state index contributed by atoms with van der Waals surface area (Å²) in [5.74, 6) is 0. The van der Waals surface area contributed by atoms with Gasteiger partial charge in [0.05, 0.1) is 17.3 Å². The van der Waals surface area contributed by atoms with E-state index in [1.807, 2.05) is 6.92 Å². The van der Waals surface area contributed by atoms with Gasteiger partial charge in [0.1, 0.15) is 10.7 Å². The first-order valence-corrected chi connectivity index (χ1v) is 6.65. The van der Waals surface area contributed by atoms with Crippen LogP contribution < -0.4 is 5.56 Å². The predicted octanol–water partition coefficient (Wildman–Crippen LogP) is 2.55. The molecular formula is C13H10Cl2N4O. The lowest BCUT2D eigenvalue weighted by Gasteiger charge is -2.07. The first-order valence-electron chi connectivity index (χ1n) is 5.90. The van der Waals surface area contributed by atoms with Crippen molar-refractivity contribution in [2.24, 2.45) is 0 Å². The Balaban J connectivity index is 2.06. The molecule has 0 unspecified atom stereocenters. The van der Waals surface area contributed by atoms with Gasteiger partial charge in [0, 0.05) is 24.2 Å². The van der Waals surface area contributed by atoms with Gasteiger partial charge in [-0.25, -0.2) is 9.50 Å². The van der Waals surface area contributed by atoms with Crippen molar-refractivity contribution in [2.45, 2.75) is 13.5 Å². The van der Waals surface area contributed by atoms with E-state index < -0.39 is 0 Å². The summed E-state index contributed by atoms with van der Waals surface area (Å²) < 4.78 is 3.13. The van der Waals surface area contributed by atoms with E-state index in [1.165, 1.54) is 0 Å². The zero-order valence-electron chi connectivity index (χ0n) is 10.5. The molecule has 3 rings (SSSR count). The van der Waals surface area contributed by atoms with Crippen molar-refractivity contribution in [3.05, 3.63) is 62.5 Å². The van der Waals surface area contributed by atoms with Gasteiger partial charge in [0.2, 0.25) is 0 Å². The summed E-state index contributed by atoms with van der Waals surface area (Å²) in [5.41, 5.74) is 1.94.